The molecule has 2 fully saturated rings. The van der Waals surface area contributed by atoms with E-state index in [2.05, 4.69) is 44.6 Å². The van der Waals surface area contributed by atoms with Crippen molar-refractivity contribution < 1.29 is 9.47 Å². The first-order valence-corrected chi connectivity index (χ1v) is 9.66. The van der Waals surface area contributed by atoms with Gasteiger partial charge >= 0.3 is 0 Å². The molecule has 0 radical (unpaired) electrons. The lowest BCUT2D eigenvalue weighted by Crippen LogP contribution is -2.46. The van der Waals surface area contributed by atoms with E-state index >= 15 is 0 Å². The minimum Gasteiger partial charge on any atom is -0.493 e. The van der Waals surface area contributed by atoms with Crippen LogP contribution in [0.3, 0.4) is 0 Å². The second-order valence-corrected chi connectivity index (χ2v) is 7.56. The summed E-state index contributed by atoms with van der Waals surface area (Å²) in [6.45, 7) is 1.09. The minimum absolute atomic E-state index is 0.125. The molecule has 1 saturated heterocycles. The Bertz CT molecular complexity index is 857. The number of likely N-dealkylation sites (N-methyl/N-ethyl adjacent to an activating group) is 1. The van der Waals surface area contributed by atoms with Crippen LogP contribution in [-0.2, 0) is 5.41 Å². The number of hydrogen-bond donors (Lipinski definition) is 1. The van der Waals surface area contributed by atoms with E-state index in [0.717, 1.165) is 43.7 Å². The number of aromatic nitrogens is 2. The number of hydrogen-bond acceptors (Lipinski definition) is 7. The third-order valence-electron chi connectivity index (χ3n) is 6.22. The van der Waals surface area contributed by atoms with Crippen molar-refractivity contribution in [1.82, 2.24) is 14.9 Å². The first-order valence-electron chi connectivity index (χ1n) is 9.66. The number of methoxy groups -OCH3 is 2. The van der Waals surface area contributed by atoms with E-state index in [1.807, 2.05) is 6.07 Å². The molecular weight excluding hydrogens is 354 g/mol. The summed E-state index contributed by atoms with van der Waals surface area (Å²) in [5, 5.41) is 4.63. The lowest BCUT2D eigenvalue weighted by Gasteiger charge is -2.42. The lowest BCUT2D eigenvalue weighted by atomic mass is 9.65. The fraction of sp³-hybridized carbons (Fsp3) is 0.476. The van der Waals surface area contributed by atoms with Crippen LogP contribution in [0.4, 0.5) is 5.82 Å². The standard InChI is InChI=1S/C21H27N5O2/c1-26-11-8-21(15-4-5-17(27-2)18(12-15)28-3)7-6-16(13-19(21)26)24-25-20-14-22-9-10-23-20/h4-5,9-10,12,14,19H,6-8,11,13H2,1-3H3,(H,23,25)/b24-16+/t19-,21-/m0/s1. The highest BCUT2D eigenvalue weighted by molar-refractivity contribution is 5.87. The van der Waals surface area contributed by atoms with Crippen molar-refractivity contribution in [2.24, 2.45) is 5.10 Å². The van der Waals surface area contributed by atoms with Gasteiger partial charge in [0.15, 0.2) is 17.3 Å². The Morgan fingerprint density at radius 2 is 2.04 bits per heavy atom. The van der Waals surface area contributed by atoms with Crippen LogP contribution in [0.2, 0.25) is 0 Å². The van der Waals surface area contributed by atoms with Crippen molar-refractivity contribution in [2.75, 3.05) is 33.2 Å². The quantitative estimate of drug-likeness (QED) is 0.803. The predicted octanol–water partition coefficient (Wildman–Crippen LogP) is 3.09. The van der Waals surface area contributed by atoms with Gasteiger partial charge in [-0.15, -0.1) is 0 Å². The van der Waals surface area contributed by atoms with Gasteiger partial charge in [-0.25, -0.2) is 4.98 Å². The van der Waals surface area contributed by atoms with Crippen LogP contribution in [0.1, 0.15) is 31.2 Å². The van der Waals surface area contributed by atoms with Gasteiger partial charge in [0.2, 0.25) is 0 Å². The molecule has 0 spiro atoms. The zero-order valence-corrected chi connectivity index (χ0v) is 16.7. The molecule has 1 aliphatic heterocycles. The summed E-state index contributed by atoms with van der Waals surface area (Å²) < 4.78 is 11.0. The minimum atomic E-state index is 0.125. The molecule has 148 valence electrons. The molecule has 2 heterocycles. The summed E-state index contributed by atoms with van der Waals surface area (Å²) >= 11 is 0. The van der Waals surface area contributed by atoms with E-state index < -0.39 is 0 Å². The van der Waals surface area contributed by atoms with Crippen molar-refractivity contribution in [3.63, 3.8) is 0 Å². The number of likely N-dealkylation sites (tertiary alicyclic amines) is 1. The molecule has 7 heteroatoms. The highest BCUT2D eigenvalue weighted by atomic mass is 16.5. The summed E-state index contributed by atoms with van der Waals surface area (Å²) in [5.74, 6) is 2.25. The Hall–Kier alpha value is -2.67. The van der Waals surface area contributed by atoms with E-state index in [0.29, 0.717) is 11.9 Å². The normalized spacial score (nSPS) is 26.1. The number of nitrogens with one attached hydrogen (secondary N) is 1. The Balaban J connectivity index is 1.59. The SMILES string of the molecule is COc1ccc([C@@]23CC/C(=N\Nc4cnccn4)C[C@@H]2N(C)CC3)cc1OC. The second-order valence-electron chi connectivity index (χ2n) is 7.56. The summed E-state index contributed by atoms with van der Waals surface area (Å²) in [7, 11) is 5.59. The van der Waals surface area contributed by atoms with Gasteiger partial charge in [0.05, 0.1) is 20.4 Å². The molecule has 0 bridgehead atoms. The van der Waals surface area contributed by atoms with Crippen molar-refractivity contribution in [2.45, 2.75) is 37.1 Å². The van der Waals surface area contributed by atoms with Crippen molar-refractivity contribution in [3.05, 3.63) is 42.4 Å². The van der Waals surface area contributed by atoms with Gasteiger partial charge in [-0.3, -0.25) is 10.4 Å². The molecule has 28 heavy (non-hydrogen) atoms. The molecule has 2 aliphatic rings. The van der Waals surface area contributed by atoms with Crippen LogP contribution < -0.4 is 14.9 Å². The van der Waals surface area contributed by atoms with Gasteiger partial charge in [-0.1, -0.05) is 6.07 Å². The molecule has 2 atom stereocenters. The smallest absolute Gasteiger partial charge is 0.164 e. The van der Waals surface area contributed by atoms with Crippen LogP contribution in [0.25, 0.3) is 0 Å². The molecule has 4 rings (SSSR count). The molecule has 2 aromatic rings. The number of hydrazone groups is 1. The number of anilines is 1. The highest BCUT2D eigenvalue weighted by Gasteiger charge is 2.49. The number of ether oxygens (including phenoxy) is 2. The molecule has 1 aliphatic carbocycles. The largest absolute Gasteiger partial charge is 0.493 e. The zero-order valence-electron chi connectivity index (χ0n) is 16.7. The zero-order chi connectivity index (χ0) is 19.6. The van der Waals surface area contributed by atoms with E-state index in [1.165, 1.54) is 11.3 Å². The van der Waals surface area contributed by atoms with Crippen LogP contribution >= 0.6 is 0 Å². The van der Waals surface area contributed by atoms with Crippen LogP contribution in [0.15, 0.2) is 41.9 Å². The van der Waals surface area contributed by atoms with Crippen LogP contribution in [0, 0.1) is 0 Å². The van der Waals surface area contributed by atoms with Gasteiger partial charge in [0.25, 0.3) is 0 Å². The first kappa shape index (κ1) is 18.7. The maximum atomic E-state index is 5.56. The van der Waals surface area contributed by atoms with Gasteiger partial charge in [0.1, 0.15) is 0 Å². The van der Waals surface area contributed by atoms with Gasteiger partial charge in [-0.05, 0) is 50.6 Å². The van der Waals surface area contributed by atoms with Crippen LogP contribution in [0.5, 0.6) is 11.5 Å². The van der Waals surface area contributed by atoms with Gasteiger partial charge in [0, 0.05) is 36.0 Å². The fourth-order valence-electron chi connectivity index (χ4n) is 4.68. The molecule has 1 N–H and O–H groups in total. The van der Waals surface area contributed by atoms with Gasteiger partial charge in [-0.2, -0.15) is 5.10 Å². The lowest BCUT2D eigenvalue weighted by molar-refractivity contribution is 0.226. The number of rotatable bonds is 5. The molecule has 7 nitrogen and oxygen atoms in total. The number of benzene rings is 1. The second kappa shape index (κ2) is 7.75. The summed E-state index contributed by atoms with van der Waals surface area (Å²) in [4.78, 5) is 10.8. The maximum absolute atomic E-state index is 5.56. The summed E-state index contributed by atoms with van der Waals surface area (Å²) in [6.07, 6.45) is 9.12. The molecule has 1 saturated carbocycles. The van der Waals surface area contributed by atoms with E-state index in [4.69, 9.17) is 9.47 Å². The number of nitrogens with zero attached hydrogens (tertiary/aromatic N) is 4. The average molecular weight is 381 g/mol. The Morgan fingerprint density at radius 3 is 2.79 bits per heavy atom. The molecule has 0 unspecified atom stereocenters. The Labute approximate surface area is 165 Å². The van der Waals surface area contributed by atoms with Gasteiger partial charge < -0.3 is 14.4 Å². The highest BCUT2D eigenvalue weighted by Crippen LogP contribution is 2.49. The molecular formula is C21H27N5O2. The average Bonchev–Trinajstić information content (AvgIpc) is 3.09. The maximum Gasteiger partial charge on any atom is 0.164 e. The number of fused-ring (bicyclic) bond motifs is 1. The third kappa shape index (κ3) is 3.30. The summed E-state index contributed by atoms with van der Waals surface area (Å²) in [6, 6.07) is 6.80. The van der Waals surface area contributed by atoms with Crippen molar-refractivity contribution in [1.29, 1.82) is 0 Å². The van der Waals surface area contributed by atoms with E-state index in [1.54, 1.807) is 32.8 Å². The van der Waals surface area contributed by atoms with E-state index in [9.17, 15) is 0 Å². The first-order chi connectivity index (χ1) is 13.7. The Kier molecular flexibility index (Phi) is 5.17. The topological polar surface area (TPSA) is 71.9 Å². The predicted molar refractivity (Wildman–Crippen MR) is 109 cm³/mol. The molecule has 1 aromatic carbocycles. The Morgan fingerprint density at radius 1 is 1.18 bits per heavy atom. The molecule has 0 amide bonds. The molecule has 1 aromatic heterocycles. The summed E-state index contributed by atoms with van der Waals surface area (Å²) in [5.41, 5.74) is 5.69. The van der Waals surface area contributed by atoms with Crippen molar-refractivity contribution in [3.8, 4) is 11.5 Å². The van der Waals surface area contributed by atoms with Crippen LogP contribution in [-0.4, -0.2) is 54.4 Å². The fourth-order valence-corrected chi connectivity index (χ4v) is 4.68. The van der Waals surface area contributed by atoms with Crippen molar-refractivity contribution >= 4 is 11.5 Å². The third-order valence-corrected chi connectivity index (χ3v) is 6.22. The van der Waals surface area contributed by atoms with E-state index in [-0.39, 0.29) is 5.41 Å². The monoisotopic (exact) mass is 381 g/mol.